The van der Waals surface area contributed by atoms with Gasteiger partial charge < -0.3 is 9.73 Å². The molecule has 0 saturated carbocycles. The minimum absolute atomic E-state index is 0.484. The highest BCUT2D eigenvalue weighted by Crippen LogP contribution is 2.21. The van der Waals surface area contributed by atoms with Crippen molar-refractivity contribution in [2.45, 2.75) is 33.2 Å². The summed E-state index contributed by atoms with van der Waals surface area (Å²) in [7, 11) is 0. The molecule has 0 unspecified atom stereocenters. The second kappa shape index (κ2) is 5.82. The van der Waals surface area contributed by atoms with Crippen LogP contribution < -0.4 is 5.32 Å². The van der Waals surface area contributed by atoms with Crippen LogP contribution in [-0.2, 0) is 13.0 Å². The number of anilines is 1. The van der Waals surface area contributed by atoms with Gasteiger partial charge in [0.1, 0.15) is 23.1 Å². The first-order valence-corrected chi connectivity index (χ1v) is 6.23. The summed E-state index contributed by atoms with van der Waals surface area (Å²) in [6.07, 6.45) is 4.97. The lowest BCUT2D eigenvalue weighted by Gasteiger charge is -2.09. The Morgan fingerprint density at radius 3 is 2.83 bits per heavy atom. The smallest absolute Gasteiger partial charge is 0.213 e. The molecule has 0 amide bonds. The average molecular weight is 267 g/mol. The topological polar surface area (TPSA) is 63.8 Å². The maximum Gasteiger partial charge on any atom is 0.213 e. The van der Waals surface area contributed by atoms with E-state index in [9.17, 15) is 0 Å². The van der Waals surface area contributed by atoms with Crippen LogP contribution >= 0.6 is 11.6 Å². The zero-order valence-corrected chi connectivity index (χ0v) is 11.2. The number of hydrogen-bond acceptors (Lipinski definition) is 5. The summed E-state index contributed by atoms with van der Waals surface area (Å²) in [6, 6.07) is 0. The molecule has 2 heterocycles. The maximum atomic E-state index is 6.06. The first kappa shape index (κ1) is 12.8. The standard InChI is InChI=1S/C12H15ClN4O/c1-3-4-9-11(13)16-7-17-12(9)15-6-10-14-5-8(2)18-10/h5,7H,3-4,6H2,1-2H3,(H,15,16,17). The number of rotatable bonds is 5. The molecule has 2 aromatic heterocycles. The van der Waals surface area contributed by atoms with Gasteiger partial charge >= 0.3 is 0 Å². The molecule has 0 aliphatic heterocycles. The van der Waals surface area contributed by atoms with Crippen molar-refractivity contribution in [3.05, 3.63) is 34.9 Å². The van der Waals surface area contributed by atoms with Crippen molar-refractivity contribution in [1.29, 1.82) is 0 Å². The molecule has 0 bridgehead atoms. The molecule has 96 valence electrons. The van der Waals surface area contributed by atoms with Crippen LogP contribution in [0.25, 0.3) is 0 Å². The molecule has 0 spiro atoms. The lowest BCUT2D eigenvalue weighted by atomic mass is 10.2. The van der Waals surface area contributed by atoms with Crippen molar-refractivity contribution >= 4 is 17.4 Å². The zero-order valence-electron chi connectivity index (χ0n) is 10.4. The summed E-state index contributed by atoms with van der Waals surface area (Å²) in [4.78, 5) is 12.3. The molecular weight excluding hydrogens is 252 g/mol. The molecule has 0 atom stereocenters. The third kappa shape index (κ3) is 2.98. The van der Waals surface area contributed by atoms with Crippen molar-refractivity contribution in [2.75, 3.05) is 5.32 Å². The summed E-state index contributed by atoms with van der Waals surface area (Å²) < 4.78 is 5.39. The number of aryl methyl sites for hydroxylation is 1. The highest BCUT2D eigenvalue weighted by Gasteiger charge is 2.09. The Hall–Kier alpha value is -1.62. The highest BCUT2D eigenvalue weighted by atomic mass is 35.5. The van der Waals surface area contributed by atoms with E-state index >= 15 is 0 Å². The van der Waals surface area contributed by atoms with Crippen LogP contribution in [-0.4, -0.2) is 15.0 Å². The van der Waals surface area contributed by atoms with Crippen LogP contribution in [0.5, 0.6) is 0 Å². The van der Waals surface area contributed by atoms with Crippen LogP contribution in [0.2, 0.25) is 5.15 Å². The van der Waals surface area contributed by atoms with E-state index in [0.29, 0.717) is 17.6 Å². The van der Waals surface area contributed by atoms with Gasteiger partial charge in [0.05, 0.1) is 12.7 Å². The van der Waals surface area contributed by atoms with E-state index in [1.165, 1.54) is 6.33 Å². The first-order chi connectivity index (χ1) is 8.70. The van der Waals surface area contributed by atoms with Gasteiger partial charge in [-0.1, -0.05) is 24.9 Å². The summed E-state index contributed by atoms with van der Waals surface area (Å²) >= 11 is 6.06. The summed E-state index contributed by atoms with van der Waals surface area (Å²) in [6.45, 7) is 4.43. The van der Waals surface area contributed by atoms with E-state index in [-0.39, 0.29) is 0 Å². The Balaban J connectivity index is 2.11. The van der Waals surface area contributed by atoms with Crippen molar-refractivity contribution < 1.29 is 4.42 Å². The number of nitrogens with one attached hydrogen (secondary N) is 1. The van der Waals surface area contributed by atoms with Gasteiger partial charge in [-0.05, 0) is 13.3 Å². The lowest BCUT2D eigenvalue weighted by Crippen LogP contribution is -2.06. The Bertz CT molecular complexity index is 527. The molecule has 0 saturated heterocycles. The van der Waals surface area contributed by atoms with Crippen molar-refractivity contribution in [1.82, 2.24) is 15.0 Å². The summed E-state index contributed by atoms with van der Waals surface area (Å²) in [5.41, 5.74) is 0.935. The Morgan fingerprint density at radius 2 is 2.17 bits per heavy atom. The average Bonchev–Trinajstić information content (AvgIpc) is 2.76. The predicted molar refractivity (Wildman–Crippen MR) is 69.6 cm³/mol. The molecule has 0 aliphatic carbocycles. The molecule has 0 aromatic carbocycles. The summed E-state index contributed by atoms with van der Waals surface area (Å²) in [5, 5.41) is 3.67. The molecular formula is C12H15ClN4O. The Morgan fingerprint density at radius 1 is 1.33 bits per heavy atom. The normalized spacial score (nSPS) is 10.6. The second-order valence-corrected chi connectivity index (χ2v) is 4.32. The van der Waals surface area contributed by atoms with E-state index in [0.717, 1.165) is 30.0 Å². The van der Waals surface area contributed by atoms with Crippen LogP contribution in [0, 0.1) is 6.92 Å². The molecule has 5 nitrogen and oxygen atoms in total. The van der Waals surface area contributed by atoms with Crippen LogP contribution in [0.3, 0.4) is 0 Å². The van der Waals surface area contributed by atoms with Gasteiger partial charge in [0.2, 0.25) is 5.89 Å². The predicted octanol–water partition coefficient (Wildman–Crippen LogP) is 2.99. The monoisotopic (exact) mass is 266 g/mol. The number of halogens is 1. The van der Waals surface area contributed by atoms with Gasteiger partial charge in [-0.25, -0.2) is 15.0 Å². The molecule has 2 rings (SSSR count). The second-order valence-electron chi connectivity index (χ2n) is 3.96. The zero-order chi connectivity index (χ0) is 13.0. The van der Waals surface area contributed by atoms with Gasteiger partial charge in [0.25, 0.3) is 0 Å². The van der Waals surface area contributed by atoms with Gasteiger partial charge in [-0.3, -0.25) is 0 Å². The maximum absolute atomic E-state index is 6.06. The SMILES string of the molecule is CCCc1c(Cl)ncnc1NCc1ncc(C)o1. The van der Waals surface area contributed by atoms with Crippen LogP contribution in [0.15, 0.2) is 16.9 Å². The molecule has 2 aromatic rings. The van der Waals surface area contributed by atoms with Crippen LogP contribution in [0.4, 0.5) is 5.82 Å². The number of hydrogen-bond donors (Lipinski definition) is 1. The van der Waals surface area contributed by atoms with Crippen molar-refractivity contribution in [3.8, 4) is 0 Å². The first-order valence-electron chi connectivity index (χ1n) is 5.85. The fourth-order valence-corrected chi connectivity index (χ4v) is 1.88. The molecule has 6 heteroatoms. The van der Waals surface area contributed by atoms with E-state index in [2.05, 4.69) is 27.2 Å². The van der Waals surface area contributed by atoms with E-state index in [4.69, 9.17) is 16.0 Å². The Labute approximate surface area is 111 Å². The Kier molecular flexibility index (Phi) is 4.15. The molecule has 0 fully saturated rings. The number of aromatic nitrogens is 3. The largest absolute Gasteiger partial charge is 0.444 e. The number of oxazole rings is 1. The molecule has 18 heavy (non-hydrogen) atoms. The fraction of sp³-hybridized carbons (Fsp3) is 0.417. The van der Waals surface area contributed by atoms with E-state index < -0.39 is 0 Å². The minimum Gasteiger partial charge on any atom is -0.444 e. The van der Waals surface area contributed by atoms with Gasteiger partial charge in [0.15, 0.2) is 0 Å². The van der Waals surface area contributed by atoms with Crippen molar-refractivity contribution in [3.63, 3.8) is 0 Å². The molecule has 0 radical (unpaired) electrons. The third-order valence-electron chi connectivity index (χ3n) is 2.47. The van der Waals surface area contributed by atoms with E-state index in [1.807, 2.05) is 6.92 Å². The highest BCUT2D eigenvalue weighted by molar-refractivity contribution is 6.30. The quantitative estimate of drug-likeness (QED) is 0.843. The fourth-order valence-electron chi connectivity index (χ4n) is 1.66. The molecule has 0 aliphatic rings. The lowest BCUT2D eigenvalue weighted by molar-refractivity contribution is 0.478. The van der Waals surface area contributed by atoms with Crippen molar-refractivity contribution in [2.24, 2.45) is 0 Å². The third-order valence-corrected chi connectivity index (χ3v) is 2.79. The molecule has 1 N–H and O–H groups in total. The van der Waals surface area contributed by atoms with E-state index in [1.54, 1.807) is 6.20 Å². The van der Waals surface area contributed by atoms with Crippen LogP contribution in [0.1, 0.15) is 30.6 Å². The number of nitrogens with zero attached hydrogens (tertiary/aromatic N) is 3. The summed E-state index contributed by atoms with van der Waals surface area (Å²) in [5.74, 6) is 2.17. The van der Waals surface area contributed by atoms with Gasteiger partial charge in [-0.2, -0.15) is 0 Å². The van der Waals surface area contributed by atoms with Gasteiger partial charge in [0, 0.05) is 5.56 Å². The minimum atomic E-state index is 0.484. The van der Waals surface area contributed by atoms with Gasteiger partial charge in [-0.15, -0.1) is 0 Å².